The number of nitrogens with one attached hydrogen (secondary N) is 1. The fraction of sp³-hybridized carbons (Fsp3) is 0.278. The van der Waals surface area contributed by atoms with Crippen LogP contribution in [0.4, 0.5) is 0 Å². The van der Waals surface area contributed by atoms with Crippen LogP contribution in [0.3, 0.4) is 0 Å². The average Bonchev–Trinajstić information content (AvgIpc) is 2.45. The van der Waals surface area contributed by atoms with E-state index in [2.05, 4.69) is 24.9 Å². The quantitative estimate of drug-likeness (QED) is 0.734. The molecule has 23 heavy (non-hydrogen) atoms. The smallest absolute Gasteiger partial charge is 0.165 e. The molecule has 1 aromatic carbocycles. The van der Waals surface area contributed by atoms with Crippen LogP contribution < -0.4 is 0 Å². The lowest BCUT2D eigenvalue weighted by atomic mass is 9.73. The van der Waals surface area contributed by atoms with Gasteiger partial charge in [0.15, 0.2) is 5.78 Å². The van der Waals surface area contributed by atoms with Crippen molar-refractivity contribution in [3.8, 4) is 17.2 Å². The highest BCUT2D eigenvalue weighted by atomic mass is 35.5. The Labute approximate surface area is 144 Å². The first-order valence-corrected chi connectivity index (χ1v) is 8.09. The number of aromatic amines is 1. The van der Waals surface area contributed by atoms with Gasteiger partial charge in [0.1, 0.15) is 10.7 Å². The molecule has 0 atom stereocenters. The molecule has 1 heterocycles. The Kier molecular flexibility index (Phi) is 3.87. The number of carbonyl (C=O) groups excluding carboxylic acids is 1. The fourth-order valence-electron chi connectivity index (χ4n) is 3.17. The molecule has 116 valence electrons. The Morgan fingerprint density at radius 3 is 2.48 bits per heavy atom. The van der Waals surface area contributed by atoms with Crippen LogP contribution in [0.2, 0.25) is 5.02 Å². The number of hydrogen-bond acceptors (Lipinski definition) is 3. The number of nitrogens with zero attached hydrogens (tertiary/aromatic N) is 1. The molecule has 0 radical (unpaired) electrons. The molecule has 1 N–H and O–H groups in total. The molecule has 0 fully saturated rings. The number of hydrogen-bond donors (Lipinski definition) is 1. The zero-order valence-electron chi connectivity index (χ0n) is 12.9. The standard InChI is InChI=1S/C18H15ClN2OS/c1-18(2)7-13-16(14(22)8-18)15(12(9-20)17(23)21-13)10-3-5-11(19)6-4-10/h3-6H,7-8H2,1-2H3,(H,21,23). The molecule has 1 aliphatic carbocycles. The van der Waals surface area contributed by atoms with Gasteiger partial charge >= 0.3 is 0 Å². The Bertz CT molecular complexity index is 904. The molecule has 5 heteroatoms. The molecule has 1 aromatic heterocycles. The van der Waals surface area contributed by atoms with Crippen LogP contribution in [-0.2, 0) is 6.42 Å². The lowest BCUT2D eigenvalue weighted by Gasteiger charge is -2.31. The van der Waals surface area contributed by atoms with E-state index in [0.29, 0.717) is 32.8 Å². The molecule has 0 saturated carbocycles. The van der Waals surface area contributed by atoms with Crippen molar-refractivity contribution in [3.63, 3.8) is 0 Å². The van der Waals surface area contributed by atoms with Crippen molar-refractivity contribution >= 4 is 29.6 Å². The van der Waals surface area contributed by atoms with Crippen LogP contribution in [0.25, 0.3) is 11.1 Å². The van der Waals surface area contributed by atoms with Gasteiger partial charge in [-0.15, -0.1) is 0 Å². The number of H-pyrrole nitrogens is 1. The Morgan fingerprint density at radius 1 is 1.22 bits per heavy atom. The van der Waals surface area contributed by atoms with Gasteiger partial charge in [0.05, 0.1) is 5.56 Å². The molecule has 0 saturated heterocycles. The number of aromatic nitrogens is 1. The summed E-state index contributed by atoms with van der Waals surface area (Å²) in [5.41, 5.74) is 3.05. The van der Waals surface area contributed by atoms with E-state index in [-0.39, 0.29) is 11.2 Å². The number of carbonyl (C=O) groups is 1. The predicted molar refractivity (Wildman–Crippen MR) is 93.2 cm³/mol. The van der Waals surface area contributed by atoms with E-state index >= 15 is 0 Å². The number of Topliss-reactive ketones (excluding diaryl/α,β-unsaturated/α-hetero) is 1. The summed E-state index contributed by atoms with van der Waals surface area (Å²) in [5.74, 6) is 0.0453. The molecule has 0 amide bonds. The van der Waals surface area contributed by atoms with Gasteiger partial charge in [-0.1, -0.05) is 49.8 Å². The molecule has 0 aliphatic heterocycles. The van der Waals surface area contributed by atoms with Gasteiger partial charge in [-0.2, -0.15) is 5.26 Å². The Hall–Kier alpha value is -1.96. The molecular weight excluding hydrogens is 328 g/mol. The third-order valence-electron chi connectivity index (χ3n) is 4.11. The van der Waals surface area contributed by atoms with Crippen molar-refractivity contribution in [3.05, 3.63) is 50.7 Å². The van der Waals surface area contributed by atoms with Crippen LogP contribution >= 0.6 is 23.8 Å². The number of fused-ring (bicyclic) bond motifs is 1. The number of pyridine rings is 1. The highest BCUT2D eigenvalue weighted by Crippen LogP contribution is 2.39. The third-order valence-corrected chi connectivity index (χ3v) is 4.67. The SMILES string of the molecule is CC1(C)CC(=O)c2c([nH]c(=S)c(C#N)c2-c2ccc(Cl)cc2)C1. The molecule has 0 unspecified atom stereocenters. The average molecular weight is 343 g/mol. The topological polar surface area (TPSA) is 56.6 Å². The van der Waals surface area contributed by atoms with Crippen molar-refractivity contribution in [1.29, 1.82) is 5.26 Å². The Morgan fingerprint density at radius 2 is 1.87 bits per heavy atom. The van der Waals surface area contributed by atoms with E-state index in [9.17, 15) is 10.1 Å². The lowest BCUT2D eigenvalue weighted by Crippen LogP contribution is -2.29. The molecule has 0 spiro atoms. The second kappa shape index (κ2) is 5.59. The number of ketones is 1. The summed E-state index contributed by atoms with van der Waals surface area (Å²) in [6, 6.07) is 9.29. The molecule has 3 rings (SSSR count). The summed E-state index contributed by atoms with van der Waals surface area (Å²) >= 11 is 11.3. The summed E-state index contributed by atoms with van der Waals surface area (Å²) in [7, 11) is 0. The second-order valence-electron chi connectivity index (χ2n) is 6.62. The molecular formula is C18H15ClN2OS. The third kappa shape index (κ3) is 2.83. The van der Waals surface area contributed by atoms with Gasteiger partial charge in [-0.3, -0.25) is 4.79 Å². The first-order chi connectivity index (χ1) is 10.8. The van der Waals surface area contributed by atoms with Gasteiger partial charge in [-0.25, -0.2) is 0 Å². The van der Waals surface area contributed by atoms with Crippen molar-refractivity contribution in [2.24, 2.45) is 5.41 Å². The van der Waals surface area contributed by atoms with Crippen molar-refractivity contribution < 1.29 is 4.79 Å². The van der Waals surface area contributed by atoms with E-state index in [1.807, 2.05) is 12.1 Å². The van der Waals surface area contributed by atoms with E-state index < -0.39 is 0 Å². The van der Waals surface area contributed by atoms with Crippen LogP contribution in [-0.4, -0.2) is 10.8 Å². The second-order valence-corrected chi connectivity index (χ2v) is 7.46. The predicted octanol–water partition coefficient (Wildman–Crippen LogP) is 5.09. The van der Waals surface area contributed by atoms with Gasteiger partial charge < -0.3 is 4.98 Å². The largest absolute Gasteiger partial charge is 0.348 e. The lowest BCUT2D eigenvalue weighted by molar-refractivity contribution is 0.0911. The summed E-state index contributed by atoms with van der Waals surface area (Å²) < 4.78 is 0.377. The first kappa shape index (κ1) is 15.9. The maximum Gasteiger partial charge on any atom is 0.165 e. The fourth-order valence-corrected chi connectivity index (χ4v) is 3.56. The van der Waals surface area contributed by atoms with E-state index in [4.69, 9.17) is 23.8 Å². The van der Waals surface area contributed by atoms with Gasteiger partial charge in [0.25, 0.3) is 0 Å². The number of benzene rings is 1. The maximum atomic E-state index is 12.8. The minimum absolute atomic E-state index is 0.0453. The number of rotatable bonds is 1. The maximum absolute atomic E-state index is 12.8. The highest BCUT2D eigenvalue weighted by Gasteiger charge is 2.34. The summed E-state index contributed by atoms with van der Waals surface area (Å²) in [6.45, 7) is 4.12. The summed E-state index contributed by atoms with van der Waals surface area (Å²) in [4.78, 5) is 15.9. The monoisotopic (exact) mass is 342 g/mol. The molecule has 0 bridgehead atoms. The van der Waals surface area contributed by atoms with E-state index in [1.54, 1.807) is 12.1 Å². The minimum atomic E-state index is -0.117. The van der Waals surface area contributed by atoms with Crippen molar-refractivity contribution in [2.75, 3.05) is 0 Å². The summed E-state index contributed by atoms with van der Waals surface area (Å²) in [5, 5.41) is 10.1. The summed E-state index contributed by atoms with van der Waals surface area (Å²) in [6.07, 6.45) is 1.18. The van der Waals surface area contributed by atoms with Gasteiger partial charge in [0, 0.05) is 28.3 Å². The minimum Gasteiger partial charge on any atom is -0.348 e. The Balaban J connectivity index is 2.37. The molecule has 2 aromatic rings. The van der Waals surface area contributed by atoms with Crippen LogP contribution in [0.5, 0.6) is 0 Å². The van der Waals surface area contributed by atoms with Crippen LogP contribution in [0, 0.1) is 21.4 Å². The molecule has 3 nitrogen and oxygen atoms in total. The van der Waals surface area contributed by atoms with Crippen molar-refractivity contribution in [1.82, 2.24) is 4.98 Å². The van der Waals surface area contributed by atoms with E-state index in [1.165, 1.54) is 0 Å². The molecule has 1 aliphatic rings. The van der Waals surface area contributed by atoms with Crippen molar-refractivity contribution in [2.45, 2.75) is 26.7 Å². The normalized spacial score (nSPS) is 15.8. The highest BCUT2D eigenvalue weighted by molar-refractivity contribution is 7.71. The zero-order chi connectivity index (χ0) is 16.8. The first-order valence-electron chi connectivity index (χ1n) is 7.31. The van der Waals surface area contributed by atoms with Gasteiger partial charge in [-0.05, 0) is 29.5 Å². The van der Waals surface area contributed by atoms with Gasteiger partial charge in [0.2, 0.25) is 0 Å². The zero-order valence-corrected chi connectivity index (χ0v) is 14.4. The number of halogens is 1. The van der Waals surface area contributed by atoms with E-state index in [0.717, 1.165) is 17.7 Å². The number of nitriles is 1. The van der Waals surface area contributed by atoms with Crippen LogP contribution in [0.15, 0.2) is 24.3 Å². The van der Waals surface area contributed by atoms with Crippen LogP contribution in [0.1, 0.15) is 41.9 Å².